The maximum atomic E-state index is 12.5. The molecule has 0 saturated carbocycles. The Labute approximate surface area is 147 Å². The molecule has 2 fully saturated rings. The summed E-state index contributed by atoms with van der Waals surface area (Å²) in [5.74, 6) is -0.264. The molecule has 0 aliphatic carbocycles. The predicted octanol–water partition coefficient (Wildman–Crippen LogP) is 2.88. The van der Waals surface area contributed by atoms with Crippen molar-refractivity contribution >= 4 is 29.3 Å². The topological polar surface area (TPSA) is 73.0 Å². The van der Waals surface area contributed by atoms with Crippen LogP contribution in [0.3, 0.4) is 0 Å². The second-order valence-electron chi connectivity index (χ2n) is 6.60. The number of benzene rings is 1. The number of carbonyl (C=O) groups is 3. The van der Waals surface area contributed by atoms with Crippen molar-refractivity contribution in [3.05, 3.63) is 24.3 Å². The van der Waals surface area contributed by atoms with Crippen LogP contribution in [0.1, 0.15) is 32.1 Å². The number of hydrogen-bond donors (Lipinski definition) is 1. The van der Waals surface area contributed by atoms with Crippen molar-refractivity contribution in [1.82, 2.24) is 9.80 Å². The second kappa shape index (κ2) is 7.55. The number of amides is 5. The van der Waals surface area contributed by atoms with E-state index in [-0.39, 0.29) is 24.5 Å². The van der Waals surface area contributed by atoms with Crippen molar-refractivity contribution in [2.45, 2.75) is 32.1 Å². The molecule has 7 heteroatoms. The number of likely N-dealkylation sites (N-methyl/N-ethyl adjacent to an activating group) is 1. The predicted molar refractivity (Wildman–Crippen MR) is 95.6 cm³/mol. The lowest BCUT2D eigenvalue weighted by Crippen LogP contribution is -2.37. The first-order valence-electron chi connectivity index (χ1n) is 8.80. The molecule has 1 aromatic rings. The lowest BCUT2D eigenvalue weighted by atomic mass is 10.1. The van der Waals surface area contributed by atoms with E-state index in [9.17, 15) is 14.4 Å². The van der Waals surface area contributed by atoms with Crippen LogP contribution in [0.25, 0.3) is 0 Å². The van der Waals surface area contributed by atoms with Crippen LogP contribution in [-0.4, -0.2) is 54.5 Å². The van der Waals surface area contributed by atoms with E-state index >= 15 is 0 Å². The molecule has 0 bridgehead atoms. The standard InChI is InChI=1S/C18H24N4O3/c1-20-13-16(23)22(18(20)25)15-9-7-8-14(12-15)19-17(24)21-10-5-3-2-4-6-11-21/h7-9,12H,2-6,10-11,13H2,1H3,(H,19,24). The maximum absolute atomic E-state index is 12.5. The van der Waals surface area contributed by atoms with Crippen LogP contribution in [0, 0.1) is 0 Å². The maximum Gasteiger partial charge on any atom is 0.331 e. The molecule has 5 amide bonds. The molecule has 1 N–H and O–H groups in total. The molecule has 0 spiro atoms. The molecule has 0 unspecified atom stereocenters. The molecule has 7 nitrogen and oxygen atoms in total. The number of urea groups is 2. The van der Waals surface area contributed by atoms with Crippen molar-refractivity contribution in [2.24, 2.45) is 0 Å². The van der Waals surface area contributed by atoms with E-state index < -0.39 is 0 Å². The zero-order valence-electron chi connectivity index (χ0n) is 14.5. The summed E-state index contributed by atoms with van der Waals surface area (Å²) in [6.45, 7) is 1.60. The molecule has 0 atom stereocenters. The number of carbonyl (C=O) groups excluding carboxylic acids is 3. The van der Waals surface area contributed by atoms with Gasteiger partial charge in [0.05, 0.1) is 5.69 Å². The minimum absolute atomic E-state index is 0.0726. The van der Waals surface area contributed by atoms with E-state index in [0.717, 1.165) is 43.7 Å². The molecule has 0 aromatic heterocycles. The van der Waals surface area contributed by atoms with Crippen molar-refractivity contribution in [3.63, 3.8) is 0 Å². The summed E-state index contributed by atoms with van der Waals surface area (Å²) in [5.41, 5.74) is 1.06. The van der Waals surface area contributed by atoms with Crippen molar-refractivity contribution in [2.75, 3.05) is 36.9 Å². The third kappa shape index (κ3) is 3.92. The van der Waals surface area contributed by atoms with Crippen LogP contribution in [-0.2, 0) is 4.79 Å². The smallest absolute Gasteiger partial charge is 0.325 e. The average molecular weight is 344 g/mol. The number of imide groups is 1. The van der Waals surface area contributed by atoms with E-state index in [1.807, 2.05) is 4.90 Å². The van der Waals surface area contributed by atoms with Crippen LogP contribution in [0.2, 0.25) is 0 Å². The van der Waals surface area contributed by atoms with E-state index in [2.05, 4.69) is 5.32 Å². The van der Waals surface area contributed by atoms with Gasteiger partial charge in [-0.3, -0.25) is 4.79 Å². The molecule has 1 aromatic carbocycles. The Bertz CT molecular complexity index is 668. The SMILES string of the molecule is CN1CC(=O)N(c2cccc(NC(=O)N3CCCCCCC3)c2)C1=O. The van der Waals surface area contributed by atoms with Crippen LogP contribution in [0.15, 0.2) is 24.3 Å². The molecule has 2 aliphatic rings. The van der Waals surface area contributed by atoms with Gasteiger partial charge in [-0.25, -0.2) is 14.5 Å². The van der Waals surface area contributed by atoms with Gasteiger partial charge in [0.2, 0.25) is 0 Å². The summed E-state index contributed by atoms with van der Waals surface area (Å²) >= 11 is 0. The third-order valence-corrected chi connectivity index (χ3v) is 4.64. The molecule has 2 aliphatic heterocycles. The van der Waals surface area contributed by atoms with Gasteiger partial charge in [-0.15, -0.1) is 0 Å². The zero-order chi connectivity index (χ0) is 17.8. The Morgan fingerprint density at radius 1 is 1.04 bits per heavy atom. The highest BCUT2D eigenvalue weighted by Gasteiger charge is 2.34. The van der Waals surface area contributed by atoms with Crippen LogP contribution in [0.5, 0.6) is 0 Å². The van der Waals surface area contributed by atoms with Gasteiger partial charge in [-0.05, 0) is 31.0 Å². The van der Waals surface area contributed by atoms with E-state index in [4.69, 9.17) is 0 Å². The fourth-order valence-corrected chi connectivity index (χ4v) is 3.25. The average Bonchev–Trinajstić information content (AvgIpc) is 2.79. The van der Waals surface area contributed by atoms with Gasteiger partial charge in [0.15, 0.2) is 0 Å². The highest BCUT2D eigenvalue weighted by atomic mass is 16.2. The summed E-state index contributed by atoms with van der Waals surface area (Å²) in [5, 5.41) is 2.89. The summed E-state index contributed by atoms with van der Waals surface area (Å²) in [6, 6.07) is 6.38. The van der Waals surface area contributed by atoms with E-state index in [1.54, 1.807) is 31.3 Å². The van der Waals surface area contributed by atoms with Gasteiger partial charge in [0.1, 0.15) is 6.54 Å². The minimum Gasteiger partial charge on any atom is -0.325 e. The lowest BCUT2D eigenvalue weighted by molar-refractivity contribution is -0.116. The van der Waals surface area contributed by atoms with E-state index in [0.29, 0.717) is 11.4 Å². The third-order valence-electron chi connectivity index (χ3n) is 4.64. The summed E-state index contributed by atoms with van der Waals surface area (Å²) in [4.78, 5) is 41.0. The second-order valence-corrected chi connectivity index (χ2v) is 6.60. The molecular formula is C18H24N4O3. The van der Waals surface area contributed by atoms with Crippen LogP contribution >= 0.6 is 0 Å². The molecule has 2 heterocycles. The van der Waals surface area contributed by atoms with Gasteiger partial charge in [-0.2, -0.15) is 0 Å². The minimum atomic E-state index is -0.350. The zero-order valence-corrected chi connectivity index (χ0v) is 14.5. The first kappa shape index (κ1) is 17.3. The fraction of sp³-hybridized carbons (Fsp3) is 0.500. The van der Waals surface area contributed by atoms with Crippen molar-refractivity contribution in [1.29, 1.82) is 0 Å². The monoisotopic (exact) mass is 344 g/mol. The normalized spacial score (nSPS) is 19.0. The molecule has 134 valence electrons. The fourth-order valence-electron chi connectivity index (χ4n) is 3.25. The van der Waals surface area contributed by atoms with Gasteiger partial charge >= 0.3 is 12.1 Å². The van der Waals surface area contributed by atoms with Gasteiger partial charge in [0, 0.05) is 25.8 Å². The number of likely N-dealkylation sites (tertiary alicyclic amines) is 1. The molecule has 3 rings (SSSR count). The first-order chi connectivity index (χ1) is 12.1. The van der Waals surface area contributed by atoms with Gasteiger partial charge in [0.25, 0.3) is 5.91 Å². The lowest BCUT2D eigenvalue weighted by Gasteiger charge is -2.25. The quantitative estimate of drug-likeness (QED) is 0.839. The number of nitrogens with zero attached hydrogens (tertiary/aromatic N) is 3. The largest absolute Gasteiger partial charge is 0.331 e. The first-order valence-corrected chi connectivity index (χ1v) is 8.80. The Morgan fingerprint density at radius 3 is 2.36 bits per heavy atom. The molecule has 2 saturated heterocycles. The Kier molecular flexibility index (Phi) is 5.21. The Hall–Kier alpha value is -2.57. The van der Waals surface area contributed by atoms with E-state index in [1.165, 1.54) is 11.3 Å². The summed E-state index contributed by atoms with van der Waals surface area (Å²) in [7, 11) is 1.59. The highest BCUT2D eigenvalue weighted by Crippen LogP contribution is 2.24. The van der Waals surface area contributed by atoms with Crippen molar-refractivity contribution in [3.8, 4) is 0 Å². The van der Waals surface area contributed by atoms with Crippen LogP contribution < -0.4 is 10.2 Å². The number of anilines is 2. The Balaban J connectivity index is 1.70. The van der Waals surface area contributed by atoms with Gasteiger partial charge < -0.3 is 15.1 Å². The molecule has 25 heavy (non-hydrogen) atoms. The summed E-state index contributed by atoms with van der Waals surface area (Å²) in [6.07, 6.45) is 5.61. The number of nitrogens with one attached hydrogen (secondary N) is 1. The Morgan fingerprint density at radius 2 is 1.72 bits per heavy atom. The number of hydrogen-bond acceptors (Lipinski definition) is 3. The van der Waals surface area contributed by atoms with Crippen molar-refractivity contribution < 1.29 is 14.4 Å². The summed E-state index contributed by atoms with van der Waals surface area (Å²) < 4.78 is 0. The highest BCUT2D eigenvalue weighted by molar-refractivity contribution is 6.19. The van der Waals surface area contributed by atoms with Gasteiger partial charge in [-0.1, -0.05) is 25.3 Å². The molecule has 0 radical (unpaired) electrons. The van der Waals surface area contributed by atoms with Crippen LogP contribution in [0.4, 0.5) is 21.0 Å². The number of rotatable bonds is 2. The molecular weight excluding hydrogens is 320 g/mol.